The van der Waals surface area contributed by atoms with Crippen LogP contribution in [0.1, 0.15) is 0 Å². The van der Waals surface area contributed by atoms with Crippen molar-refractivity contribution in [2.45, 2.75) is 6.04 Å². The van der Waals surface area contributed by atoms with Crippen molar-refractivity contribution >= 4 is 23.4 Å². The Morgan fingerprint density at radius 3 is 3.00 bits per heavy atom. The van der Waals surface area contributed by atoms with Crippen LogP contribution in [0.15, 0.2) is 12.1 Å². The van der Waals surface area contributed by atoms with Gasteiger partial charge in [0, 0.05) is 19.6 Å². The van der Waals surface area contributed by atoms with Crippen molar-refractivity contribution in [1.29, 1.82) is 0 Å². The third kappa shape index (κ3) is 2.23. The van der Waals surface area contributed by atoms with Crippen LogP contribution >= 0.6 is 11.6 Å². The first-order valence-corrected chi connectivity index (χ1v) is 5.25. The molecule has 7 heteroatoms. The molecule has 1 atom stereocenters. The fraction of sp³-hybridized carbons (Fsp3) is 0.444. The van der Waals surface area contributed by atoms with Crippen LogP contribution in [0.5, 0.6) is 0 Å². The molecule has 1 saturated heterocycles. The molecule has 0 saturated carbocycles. The zero-order valence-corrected chi connectivity index (χ0v) is 9.18. The van der Waals surface area contributed by atoms with Gasteiger partial charge in [-0.1, -0.05) is 11.6 Å². The molecule has 2 heterocycles. The van der Waals surface area contributed by atoms with Gasteiger partial charge >= 0.3 is 5.97 Å². The molecule has 0 bridgehead atoms. The molecule has 0 aliphatic carbocycles. The molecule has 0 unspecified atom stereocenters. The fourth-order valence-corrected chi connectivity index (χ4v) is 1.76. The summed E-state index contributed by atoms with van der Waals surface area (Å²) in [5.41, 5.74) is 0. The molecular weight excluding hydrogens is 232 g/mol. The lowest BCUT2D eigenvalue weighted by molar-refractivity contribution is -0.138. The SMILES string of the molecule is O=C(O)[C@@H]1CNCCN1c1ccc(Cl)nn1. The number of nitrogens with zero attached hydrogens (tertiary/aromatic N) is 3. The van der Waals surface area contributed by atoms with Gasteiger partial charge in [0.1, 0.15) is 6.04 Å². The van der Waals surface area contributed by atoms with Crippen LogP contribution in [0.2, 0.25) is 5.15 Å². The molecule has 16 heavy (non-hydrogen) atoms. The van der Waals surface area contributed by atoms with E-state index in [0.717, 1.165) is 6.54 Å². The molecule has 0 aromatic carbocycles. The number of hydrogen-bond acceptors (Lipinski definition) is 5. The van der Waals surface area contributed by atoms with Crippen LogP contribution in [0.3, 0.4) is 0 Å². The van der Waals surface area contributed by atoms with E-state index in [1.165, 1.54) is 0 Å². The Morgan fingerprint density at radius 2 is 2.38 bits per heavy atom. The van der Waals surface area contributed by atoms with Gasteiger partial charge in [0.2, 0.25) is 0 Å². The second kappa shape index (κ2) is 4.63. The quantitative estimate of drug-likeness (QED) is 0.760. The topological polar surface area (TPSA) is 78.4 Å². The van der Waals surface area contributed by atoms with E-state index in [9.17, 15) is 4.79 Å². The van der Waals surface area contributed by atoms with Crippen LogP contribution in [0.25, 0.3) is 0 Å². The van der Waals surface area contributed by atoms with Crippen LogP contribution in [0.4, 0.5) is 5.82 Å². The smallest absolute Gasteiger partial charge is 0.327 e. The minimum absolute atomic E-state index is 0.297. The highest BCUT2D eigenvalue weighted by atomic mass is 35.5. The Morgan fingerprint density at radius 1 is 1.56 bits per heavy atom. The number of nitrogens with one attached hydrogen (secondary N) is 1. The highest BCUT2D eigenvalue weighted by Crippen LogP contribution is 2.16. The molecule has 1 aromatic heterocycles. The molecule has 1 aliphatic rings. The number of halogens is 1. The average molecular weight is 243 g/mol. The zero-order valence-electron chi connectivity index (χ0n) is 8.43. The summed E-state index contributed by atoms with van der Waals surface area (Å²) in [7, 11) is 0. The summed E-state index contributed by atoms with van der Waals surface area (Å²) in [6.07, 6.45) is 0. The first-order valence-electron chi connectivity index (χ1n) is 4.88. The summed E-state index contributed by atoms with van der Waals surface area (Å²) in [6, 6.07) is 2.67. The molecule has 1 aliphatic heterocycles. The lowest BCUT2D eigenvalue weighted by Gasteiger charge is -2.33. The maximum Gasteiger partial charge on any atom is 0.327 e. The van der Waals surface area contributed by atoms with Gasteiger partial charge < -0.3 is 15.3 Å². The number of aliphatic carboxylic acids is 1. The lowest BCUT2D eigenvalue weighted by atomic mass is 10.2. The van der Waals surface area contributed by atoms with Crippen molar-refractivity contribution in [2.75, 3.05) is 24.5 Å². The Balaban J connectivity index is 2.23. The maximum absolute atomic E-state index is 11.0. The predicted molar refractivity (Wildman–Crippen MR) is 58.7 cm³/mol. The van der Waals surface area contributed by atoms with E-state index in [4.69, 9.17) is 16.7 Å². The van der Waals surface area contributed by atoms with E-state index < -0.39 is 12.0 Å². The molecular formula is C9H11ClN4O2. The Kier molecular flexibility index (Phi) is 3.21. The minimum atomic E-state index is -0.871. The van der Waals surface area contributed by atoms with Gasteiger partial charge in [0.05, 0.1) is 0 Å². The number of carboxylic acids is 1. The molecule has 1 fully saturated rings. The summed E-state index contributed by atoms with van der Waals surface area (Å²) in [5, 5.41) is 20.0. The number of carbonyl (C=O) groups is 1. The van der Waals surface area contributed by atoms with Crippen LogP contribution in [0, 0.1) is 0 Å². The monoisotopic (exact) mass is 242 g/mol. The van der Waals surface area contributed by atoms with E-state index in [1.807, 2.05) is 0 Å². The number of piperazine rings is 1. The fourth-order valence-electron chi connectivity index (χ4n) is 1.66. The van der Waals surface area contributed by atoms with Gasteiger partial charge in [-0.05, 0) is 12.1 Å². The maximum atomic E-state index is 11.0. The van der Waals surface area contributed by atoms with Crippen molar-refractivity contribution in [1.82, 2.24) is 15.5 Å². The van der Waals surface area contributed by atoms with E-state index in [2.05, 4.69) is 15.5 Å². The van der Waals surface area contributed by atoms with Crippen molar-refractivity contribution in [3.63, 3.8) is 0 Å². The predicted octanol–water partition coefficient (Wildman–Crippen LogP) is -0.00720. The van der Waals surface area contributed by atoms with E-state index in [1.54, 1.807) is 17.0 Å². The van der Waals surface area contributed by atoms with E-state index >= 15 is 0 Å². The van der Waals surface area contributed by atoms with Gasteiger partial charge in [-0.15, -0.1) is 10.2 Å². The van der Waals surface area contributed by atoms with Crippen molar-refractivity contribution in [3.8, 4) is 0 Å². The van der Waals surface area contributed by atoms with Gasteiger partial charge in [-0.25, -0.2) is 4.79 Å². The van der Waals surface area contributed by atoms with Crippen molar-refractivity contribution < 1.29 is 9.90 Å². The Hall–Kier alpha value is -1.40. The van der Waals surface area contributed by atoms with E-state index in [0.29, 0.717) is 24.1 Å². The van der Waals surface area contributed by atoms with Gasteiger partial charge in [0.25, 0.3) is 0 Å². The van der Waals surface area contributed by atoms with Crippen LogP contribution in [-0.2, 0) is 4.79 Å². The highest BCUT2D eigenvalue weighted by molar-refractivity contribution is 6.29. The summed E-state index contributed by atoms with van der Waals surface area (Å²) in [6.45, 7) is 1.72. The average Bonchev–Trinajstić information content (AvgIpc) is 2.30. The molecule has 6 nitrogen and oxygen atoms in total. The first kappa shape index (κ1) is 11.1. The standard InChI is InChI=1S/C9H11ClN4O2/c10-7-1-2-8(13-12-7)14-4-3-11-5-6(14)9(15)16/h1-2,6,11H,3-5H2,(H,15,16)/t6-/m0/s1. The second-order valence-corrected chi connectivity index (χ2v) is 3.85. The summed E-state index contributed by atoms with van der Waals surface area (Å²) in [5.74, 6) is -0.331. The largest absolute Gasteiger partial charge is 0.480 e. The van der Waals surface area contributed by atoms with Gasteiger partial charge in [0.15, 0.2) is 11.0 Å². The summed E-state index contributed by atoms with van der Waals surface area (Å²) >= 11 is 5.63. The minimum Gasteiger partial charge on any atom is -0.480 e. The van der Waals surface area contributed by atoms with Gasteiger partial charge in [-0.2, -0.15) is 0 Å². The van der Waals surface area contributed by atoms with Crippen LogP contribution < -0.4 is 10.2 Å². The van der Waals surface area contributed by atoms with Crippen molar-refractivity contribution in [2.24, 2.45) is 0 Å². The van der Waals surface area contributed by atoms with Crippen molar-refractivity contribution in [3.05, 3.63) is 17.3 Å². The number of rotatable bonds is 2. The first-order chi connectivity index (χ1) is 7.68. The summed E-state index contributed by atoms with van der Waals surface area (Å²) in [4.78, 5) is 12.8. The molecule has 2 N–H and O–H groups in total. The molecule has 86 valence electrons. The third-order valence-corrected chi connectivity index (χ3v) is 2.64. The third-order valence-electron chi connectivity index (χ3n) is 2.44. The summed E-state index contributed by atoms with van der Waals surface area (Å²) < 4.78 is 0. The molecule has 0 amide bonds. The number of hydrogen-bond donors (Lipinski definition) is 2. The Bertz CT molecular complexity index is 384. The lowest BCUT2D eigenvalue weighted by Crippen LogP contribution is -2.55. The van der Waals surface area contributed by atoms with E-state index in [-0.39, 0.29) is 0 Å². The zero-order chi connectivity index (χ0) is 11.5. The highest BCUT2D eigenvalue weighted by Gasteiger charge is 2.29. The molecule has 2 rings (SSSR count). The number of aromatic nitrogens is 2. The second-order valence-electron chi connectivity index (χ2n) is 3.47. The molecule has 0 spiro atoms. The van der Waals surface area contributed by atoms with Gasteiger partial charge in [-0.3, -0.25) is 0 Å². The normalized spacial score (nSPS) is 20.8. The van der Waals surface area contributed by atoms with Crippen LogP contribution in [-0.4, -0.2) is 46.9 Å². The number of anilines is 1. The number of carboxylic acid groups (broad SMARTS) is 1. The molecule has 1 aromatic rings. The molecule has 0 radical (unpaired) electrons. The Labute approximate surface area is 97.2 Å².